The molecule has 0 aliphatic rings. The van der Waals surface area contributed by atoms with Crippen molar-refractivity contribution in [2.24, 2.45) is 0 Å². The smallest absolute Gasteiger partial charge is 0.335 e. The number of imidazole rings is 1. The lowest BCUT2D eigenvalue weighted by atomic mass is 10.1. The van der Waals surface area contributed by atoms with E-state index in [1.165, 1.54) is 6.07 Å². The van der Waals surface area contributed by atoms with E-state index in [1.54, 1.807) is 18.3 Å². The van der Waals surface area contributed by atoms with Crippen molar-refractivity contribution in [3.63, 3.8) is 0 Å². The summed E-state index contributed by atoms with van der Waals surface area (Å²) in [5.41, 5.74) is 2.47. The fourth-order valence-electron chi connectivity index (χ4n) is 2.02. The van der Waals surface area contributed by atoms with Crippen molar-refractivity contribution >= 4 is 23.2 Å². The molecule has 19 heavy (non-hydrogen) atoms. The Hall–Kier alpha value is -2.33. The van der Waals surface area contributed by atoms with Crippen LogP contribution in [0.1, 0.15) is 10.4 Å². The first-order valence-corrected chi connectivity index (χ1v) is 6.00. The lowest BCUT2D eigenvalue weighted by Crippen LogP contribution is -1.98. The van der Waals surface area contributed by atoms with Crippen LogP contribution in [-0.2, 0) is 0 Å². The van der Waals surface area contributed by atoms with Crippen molar-refractivity contribution in [2.75, 3.05) is 0 Å². The zero-order valence-electron chi connectivity index (χ0n) is 9.75. The highest BCUT2D eigenvalue weighted by atomic mass is 35.5. The molecule has 2 heterocycles. The summed E-state index contributed by atoms with van der Waals surface area (Å²) in [6.07, 6.45) is 3.50. The Kier molecular flexibility index (Phi) is 2.72. The third-order valence-electron chi connectivity index (χ3n) is 2.92. The van der Waals surface area contributed by atoms with Crippen molar-refractivity contribution in [3.8, 4) is 11.3 Å². The molecule has 4 nitrogen and oxygen atoms in total. The van der Waals surface area contributed by atoms with Gasteiger partial charge in [-0.2, -0.15) is 0 Å². The predicted octanol–water partition coefficient (Wildman–Crippen LogP) is 3.35. The van der Waals surface area contributed by atoms with Gasteiger partial charge in [-0.3, -0.25) is 4.40 Å². The number of pyridine rings is 1. The molecule has 0 radical (unpaired) electrons. The molecule has 0 bridgehead atoms. The van der Waals surface area contributed by atoms with Crippen LogP contribution < -0.4 is 0 Å². The number of aromatic nitrogens is 2. The van der Waals surface area contributed by atoms with E-state index in [1.807, 2.05) is 28.8 Å². The van der Waals surface area contributed by atoms with E-state index in [0.29, 0.717) is 10.6 Å². The van der Waals surface area contributed by atoms with E-state index in [-0.39, 0.29) is 5.56 Å². The molecular formula is C14H9ClN2O2. The molecular weight excluding hydrogens is 264 g/mol. The van der Waals surface area contributed by atoms with Gasteiger partial charge in [0.05, 0.1) is 11.3 Å². The molecule has 3 rings (SSSR count). The summed E-state index contributed by atoms with van der Waals surface area (Å²) >= 11 is 6.18. The number of benzene rings is 1. The molecule has 0 amide bonds. The van der Waals surface area contributed by atoms with Crippen molar-refractivity contribution in [3.05, 3.63) is 59.4 Å². The van der Waals surface area contributed by atoms with Crippen molar-refractivity contribution in [1.82, 2.24) is 9.38 Å². The van der Waals surface area contributed by atoms with Gasteiger partial charge in [-0.1, -0.05) is 17.7 Å². The van der Waals surface area contributed by atoms with Gasteiger partial charge in [-0.15, -0.1) is 0 Å². The summed E-state index contributed by atoms with van der Waals surface area (Å²) < 4.78 is 1.87. The zero-order valence-corrected chi connectivity index (χ0v) is 10.5. The average Bonchev–Trinajstić information content (AvgIpc) is 2.87. The summed E-state index contributed by atoms with van der Waals surface area (Å²) in [5, 5.41) is 9.56. The quantitative estimate of drug-likeness (QED) is 0.778. The van der Waals surface area contributed by atoms with Gasteiger partial charge >= 0.3 is 5.97 Å². The number of rotatable bonds is 2. The molecule has 2 aromatic heterocycles. The van der Waals surface area contributed by atoms with Crippen LogP contribution in [0.2, 0.25) is 5.02 Å². The molecule has 0 atom stereocenters. The third-order valence-corrected chi connectivity index (χ3v) is 3.25. The van der Waals surface area contributed by atoms with Crippen molar-refractivity contribution < 1.29 is 9.90 Å². The molecule has 94 valence electrons. The van der Waals surface area contributed by atoms with Crippen molar-refractivity contribution in [2.45, 2.75) is 0 Å². The molecule has 0 spiro atoms. The number of nitrogens with zero attached hydrogens (tertiary/aromatic N) is 2. The highest BCUT2D eigenvalue weighted by Crippen LogP contribution is 2.29. The van der Waals surface area contributed by atoms with Crippen LogP contribution in [0.25, 0.3) is 16.9 Å². The van der Waals surface area contributed by atoms with E-state index < -0.39 is 5.97 Å². The maximum absolute atomic E-state index is 11.0. The van der Waals surface area contributed by atoms with E-state index in [0.717, 1.165) is 11.3 Å². The Morgan fingerprint density at radius 2 is 2.11 bits per heavy atom. The Labute approximate surface area is 113 Å². The Balaban J connectivity index is 2.29. The number of fused-ring (bicyclic) bond motifs is 1. The molecule has 0 saturated heterocycles. The number of hydrogen-bond acceptors (Lipinski definition) is 2. The molecule has 0 aliphatic carbocycles. The fraction of sp³-hybridized carbons (Fsp3) is 0. The van der Waals surface area contributed by atoms with Gasteiger partial charge in [-0.05, 0) is 30.3 Å². The minimum absolute atomic E-state index is 0.205. The summed E-state index contributed by atoms with van der Waals surface area (Å²) in [6.45, 7) is 0. The summed E-state index contributed by atoms with van der Waals surface area (Å²) in [4.78, 5) is 15.2. The first-order chi connectivity index (χ1) is 9.16. The molecule has 1 N–H and O–H groups in total. The number of carbonyl (C=O) groups is 1. The van der Waals surface area contributed by atoms with Crippen LogP contribution in [0, 0.1) is 0 Å². The van der Waals surface area contributed by atoms with Crippen LogP contribution in [0.5, 0.6) is 0 Å². The van der Waals surface area contributed by atoms with Gasteiger partial charge in [0.2, 0.25) is 0 Å². The largest absolute Gasteiger partial charge is 0.478 e. The number of carboxylic acid groups (broad SMARTS) is 1. The first kappa shape index (κ1) is 11.7. The predicted molar refractivity (Wildman–Crippen MR) is 72.6 cm³/mol. The van der Waals surface area contributed by atoms with Crippen LogP contribution in [0.4, 0.5) is 0 Å². The van der Waals surface area contributed by atoms with Gasteiger partial charge < -0.3 is 5.11 Å². The Morgan fingerprint density at radius 3 is 2.89 bits per heavy atom. The number of halogens is 1. The highest BCUT2D eigenvalue weighted by molar-refractivity contribution is 6.33. The molecule has 0 aliphatic heterocycles. The first-order valence-electron chi connectivity index (χ1n) is 5.62. The second-order valence-electron chi connectivity index (χ2n) is 4.07. The lowest BCUT2D eigenvalue weighted by molar-refractivity contribution is 0.0697. The lowest BCUT2D eigenvalue weighted by Gasteiger charge is -2.08. The molecule has 0 fully saturated rings. The monoisotopic (exact) mass is 272 g/mol. The average molecular weight is 273 g/mol. The van der Waals surface area contributed by atoms with Crippen LogP contribution in [-0.4, -0.2) is 20.5 Å². The maximum Gasteiger partial charge on any atom is 0.335 e. The van der Waals surface area contributed by atoms with E-state index in [2.05, 4.69) is 4.98 Å². The normalized spacial score (nSPS) is 10.8. The summed E-state index contributed by atoms with van der Waals surface area (Å²) in [7, 11) is 0. The minimum Gasteiger partial charge on any atom is -0.478 e. The molecule has 0 saturated carbocycles. The van der Waals surface area contributed by atoms with Gasteiger partial charge in [0, 0.05) is 23.0 Å². The highest BCUT2D eigenvalue weighted by Gasteiger charge is 2.11. The summed E-state index contributed by atoms with van der Waals surface area (Å²) in [6, 6.07) is 10.3. The molecule has 1 aromatic carbocycles. The topological polar surface area (TPSA) is 54.6 Å². The fourth-order valence-corrected chi connectivity index (χ4v) is 2.24. The number of aromatic carboxylic acids is 1. The molecule has 0 unspecified atom stereocenters. The van der Waals surface area contributed by atoms with E-state index >= 15 is 0 Å². The maximum atomic E-state index is 11.0. The summed E-state index contributed by atoms with van der Waals surface area (Å²) in [5.74, 6) is -0.976. The SMILES string of the molecule is O=C(O)c1ccc(Cl)c(-c2cccc3nccn23)c1. The number of hydrogen-bond donors (Lipinski definition) is 1. The van der Waals surface area contributed by atoms with Gasteiger partial charge in [0.25, 0.3) is 0 Å². The molecule has 3 aromatic rings. The minimum atomic E-state index is -0.976. The third kappa shape index (κ3) is 1.96. The Bertz CT molecular complexity index is 780. The van der Waals surface area contributed by atoms with Crippen LogP contribution in [0.3, 0.4) is 0 Å². The van der Waals surface area contributed by atoms with Gasteiger partial charge in [0.1, 0.15) is 5.65 Å². The van der Waals surface area contributed by atoms with Crippen molar-refractivity contribution in [1.29, 1.82) is 0 Å². The Morgan fingerprint density at radius 1 is 1.26 bits per heavy atom. The van der Waals surface area contributed by atoms with Gasteiger partial charge in [0.15, 0.2) is 0 Å². The van der Waals surface area contributed by atoms with Gasteiger partial charge in [-0.25, -0.2) is 9.78 Å². The standard InChI is InChI=1S/C14H9ClN2O2/c15-11-5-4-9(14(18)19)8-10(11)12-2-1-3-13-16-6-7-17(12)13/h1-8H,(H,18,19). The zero-order chi connectivity index (χ0) is 13.4. The number of carboxylic acids is 1. The van der Waals surface area contributed by atoms with Crippen LogP contribution in [0.15, 0.2) is 48.8 Å². The van der Waals surface area contributed by atoms with Crippen LogP contribution >= 0.6 is 11.6 Å². The molecule has 5 heteroatoms. The second kappa shape index (κ2) is 4.40. The second-order valence-corrected chi connectivity index (χ2v) is 4.47. The van der Waals surface area contributed by atoms with E-state index in [9.17, 15) is 4.79 Å². The van der Waals surface area contributed by atoms with E-state index in [4.69, 9.17) is 16.7 Å².